The van der Waals surface area contributed by atoms with Crippen LogP contribution < -0.4 is 29.6 Å². The number of hydrogen-bond donors (Lipinski definition) is 0. The summed E-state index contributed by atoms with van der Waals surface area (Å²) in [6, 6.07) is 2.79. The average Bonchev–Trinajstić information content (AvgIpc) is 1.94. The Balaban J connectivity index is 0.00000144. The van der Waals surface area contributed by atoms with Gasteiger partial charge < -0.3 is 4.55 Å². The minimum atomic E-state index is -2.35. The van der Waals surface area contributed by atoms with Gasteiger partial charge in [-0.3, -0.25) is 4.21 Å². The predicted octanol–water partition coefficient (Wildman–Crippen LogP) is -1.65. The Morgan fingerprint density at radius 2 is 2.00 bits per heavy atom. The van der Waals surface area contributed by atoms with Crippen LogP contribution in [-0.2, 0) is 16.8 Å². The molecule has 0 radical (unpaired) electrons. The minimum absolute atomic E-state index is 0. The SMILES string of the molecule is O=S([O-])Cc1ccc(F)cc1F.[Na+]. The van der Waals surface area contributed by atoms with E-state index in [2.05, 4.69) is 0 Å². The first kappa shape index (κ1) is 13.2. The molecule has 0 N–H and O–H groups in total. The first-order chi connectivity index (χ1) is 5.59. The maximum Gasteiger partial charge on any atom is 1.00 e. The summed E-state index contributed by atoms with van der Waals surface area (Å²) < 4.78 is 45.3. The molecule has 0 aliphatic rings. The van der Waals surface area contributed by atoms with E-state index in [0.29, 0.717) is 6.07 Å². The van der Waals surface area contributed by atoms with Crippen molar-refractivity contribution in [3.05, 3.63) is 35.4 Å². The molecular weight excluding hydrogens is 209 g/mol. The fraction of sp³-hybridized carbons (Fsp3) is 0.143. The van der Waals surface area contributed by atoms with Gasteiger partial charge in [0.1, 0.15) is 11.6 Å². The third-order valence-electron chi connectivity index (χ3n) is 1.29. The van der Waals surface area contributed by atoms with Crippen molar-refractivity contribution in [3.63, 3.8) is 0 Å². The Labute approximate surface area is 98.9 Å². The fourth-order valence-corrected chi connectivity index (χ4v) is 1.25. The summed E-state index contributed by atoms with van der Waals surface area (Å²) >= 11 is -2.35. The Hall–Kier alpha value is 0.190. The van der Waals surface area contributed by atoms with E-state index < -0.39 is 28.5 Å². The molecule has 1 rings (SSSR count). The monoisotopic (exact) mass is 214 g/mol. The van der Waals surface area contributed by atoms with Crippen LogP contribution in [0.2, 0.25) is 0 Å². The molecule has 0 fully saturated rings. The molecule has 0 amide bonds. The van der Waals surface area contributed by atoms with Gasteiger partial charge in [-0.1, -0.05) is 17.1 Å². The molecule has 1 atom stereocenters. The predicted molar refractivity (Wildman–Crippen MR) is 39.0 cm³/mol. The van der Waals surface area contributed by atoms with Gasteiger partial charge in [-0.15, -0.1) is 0 Å². The van der Waals surface area contributed by atoms with Crippen molar-refractivity contribution in [2.24, 2.45) is 0 Å². The van der Waals surface area contributed by atoms with Crippen LogP contribution in [0.4, 0.5) is 8.78 Å². The van der Waals surface area contributed by atoms with Crippen molar-refractivity contribution in [3.8, 4) is 0 Å². The topological polar surface area (TPSA) is 40.1 Å². The van der Waals surface area contributed by atoms with E-state index >= 15 is 0 Å². The fourth-order valence-electron chi connectivity index (χ4n) is 0.766. The van der Waals surface area contributed by atoms with E-state index in [1.165, 1.54) is 0 Å². The second-order valence-electron chi connectivity index (χ2n) is 2.18. The molecule has 0 aliphatic heterocycles. The van der Waals surface area contributed by atoms with Crippen molar-refractivity contribution in [1.82, 2.24) is 0 Å². The van der Waals surface area contributed by atoms with E-state index in [9.17, 15) is 17.5 Å². The van der Waals surface area contributed by atoms with Gasteiger partial charge in [0.25, 0.3) is 0 Å². The summed E-state index contributed by atoms with van der Waals surface area (Å²) in [5.41, 5.74) is -0.0234. The first-order valence-electron chi connectivity index (χ1n) is 3.09. The van der Waals surface area contributed by atoms with Crippen LogP contribution in [0.3, 0.4) is 0 Å². The van der Waals surface area contributed by atoms with Crippen molar-refractivity contribution in [2.45, 2.75) is 5.75 Å². The summed E-state index contributed by atoms with van der Waals surface area (Å²) in [7, 11) is 0. The van der Waals surface area contributed by atoms with E-state index in [1.54, 1.807) is 0 Å². The molecular formula is C7H5F2NaO2S. The van der Waals surface area contributed by atoms with Gasteiger partial charge in [0.2, 0.25) is 0 Å². The molecule has 2 nitrogen and oxygen atoms in total. The Morgan fingerprint density at radius 3 is 2.46 bits per heavy atom. The van der Waals surface area contributed by atoms with E-state index in [0.717, 1.165) is 12.1 Å². The smallest absolute Gasteiger partial charge is 0.772 e. The van der Waals surface area contributed by atoms with Gasteiger partial charge in [0.15, 0.2) is 0 Å². The van der Waals surface area contributed by atoms with Crippen LogP contribution in [0, 0.1) is 11.6 Å². The summed E-state index contributed by atoms with van der Waals surface area (Å²) in [6.45, 7) is 0. The average molecular weight is 214 g/mol. The third-order valence-corrected chi connectivity index (χ3v) is 1.84. The minimum Gasteiger partial charge on any atom is -0.772 e. The van der Waals surface area contributed by atoms with Crippen LogP contribution in [0.1, 0.15) is 5.56 Å². The molecule has 0 bridgehead atoms. The van der Waals surface area contributed by atoms with Crippen molar-refractivity contribution in [1.29, 1.82) is 0 Å². The van der Waals surface area contributed by atoms with Crippen molar-refractivity contribution >= 4 is 11.1 Å². The summed E-state index contributed by atoms with van der Waals surface area (Å²) in [4.78, 5) is 0. The van der Waals surface area contributed by atoms with Crippen molar-refractivity contribution < 1.29 is 47.1 Å². The van der Waals surface area contributed by atoms with Gasteiger partial charge in [-0.2, -0.15) is 0 Å². The van der Waals surface area contributed by atoms with Gasteiger partial charge in [0, 0.05) is 11.8 Å². The van der Waals surface area contributed by atoms with Crippen molar-refractivity contribution in [2.75, 3.05) is 0 Å². The van der Waals surface area contributed by atoms with Gasteiger partial charge >= 0.3 is 29.6 Å². The Bertz CT molecular complexity index is 319. The number of rotatable bonds is 2. The van der Waals surface area contributed by atoms with Crippen LogP contribution >= 0.6 is 0 Å². The molecule has 0 heterocycles. The normalized spacial score (nSPS) is 11.9. The second kappa shape index (κ2) is 5.82. The summed E-state index contributed by atoms with van der Waals surface area (Å²) in [5, 5.41) is 0. The van der Waals surface area contributed by atoms with E-state index in [4.69, 9.17) is 0 Å². The first-order valence-corrected chi connectivity index (χ1v) is 4.34. The maximum absolute atomic E-state index is 12.7. The zero-order valence-corrected chi connectivity index (χ0v) is 9.74. The Kier molecular flexibility index (Phi) is 5.91. The second-order valence-corrected chi connectivity index (χ2v) is 3.08. The number of benzene rings is 1. The molecule has 0 aliphatic carbocycles. The van der Waals surface area contributed by atoms with E-state index in [-0.39, 0.29) is 35.1 Å². The number of hydrogen-bond acceptors (Lipinski definition) is 2. The zero-order chi connectivity index (χ0) is 9.14. The molecule has 0 spiro atoms. The van der Waals surface area contributed by atoms with E-state index in [1.807, 2.05) is 0 Å². The summed E-state index contributed by atoms with van der Waals surface area (Å²) in [5.74, 6) is -1.97. The molecule has 0 aromatic heterocycles. The molecule has 1 aromatic carbocycles. The maximum atomic E-state index is 12.7. The quantitative estimate of drug-likeness (QED) is 0.437. The molecule has 6 heteroatoms. The standard InChI is InChI=1S/C7H6F2O2S.Na/c8-6-2-1-5(4-12(10)11)7(9)3-6;/h1-3H,4H2,(H,10,11);/q;+1/p-1. The molecule has 0 saturated heterocycles. The van der Waals surface area contributed by atoms with Gasteiger partial charge in [0.05, 0.1) is 0 Å². The van der Waals surface area contributed by atoms with Crippen LogP contribution in [-0.4, -0.2) is 8.76 Å². The molecule has 1 unspecified atom stereocenters. The van der Waals surface area contributed by atoms with Crippen LogP contribution in [0.25, 0.3) is 0 Å². The summed E-state index contributed by atoms with van der Waals surface area (Å²) in [6.07, 6.45) is 0. The van der Waals surface area contributed by atoms with Crippen LogP contribution in [0.5, 0.6) is 0 Å². The van der Waals surface area contributed by atoms with Gasteiger partial charge in [-0.05, 0) is 11.6 Å². The molecule has 1 aromatic rings. The number of halogens is 2. The molecule has 13 heavy (non-hydrogen) atoms. The molecule has 66 valence electrons. The largest absolute Gasteiger partial charge is 1.00 e. The van der Waals surface area contributed by atoms with Gasteiger partial charge in [-0.25, -0.2) is 8.78 Å². The Morgan fingerprint density at radius 1 is 1.38 bits per heavy atom. The zero-order valence-electron chi connectivity index (χ0n) is 6.92. The molecule has 0 saturated carbocycles. The van der Waals surface area contributed by atoms with Crippen LogP contribution in [0.15, 0.2) is 18.2 Å². The third kappa shape index (κ3) is 4.28.